The van der Waals surface area contributed by atoms with E-state index in [1.165, 1.54) is 15.4 Å². The van der Waals surface area contributed by atoms with Gasteiger partial charge in [0.05, 0.1) is 27.9 Å². The maximum atomic E-state index is 13.1. The molecule has 3 aromatic rings. The number of amides is 2. The third-order valence-electron chi connectivity index (χ3n) is 4.93. The number of rotatable bonds is 4. The van der Waals surface area contributed by atoms with Crippen LogP contribution >= 0.6 is 11.8 Å². The third-order valence-corrected chi connectivity index (χ3v) is 5.98. The molecule has 14 heteroatoms. The molecule has 174 valence electrons. The maximum absolute atomic E-state index is 13.1. The Morgan fingerprint density at radius 2 is 1.97 bits per heavy atom. The van der Waals surface area contributed by atoms with Crippen molar-refractivity contribution in [3.05, 3.63) is 41.2 Å². The first-order chi connectivity index (χ1) is 15.5. The third kappa shape index (κ3) is 4.25. The van der Waals surface area contributed by atoms with Crippen LogP contribution in [0.2, 0.25) is 0 Å². The van der Waals surface area contributed by atoms with Gasteiger partial charge in [0.2, 0.25) is 17.0 Å². The van der Waals surface area contributed by atoms with Gasteiger partial charge in [-0.05, 0) is 45.0 Å². The van der Waals surface area contributed by atoms with E-state index in [1.54, 1.807) is 6.92 Å². The van der Waals surface area contributed by atoms with Gasteiger partial charge in [0.1, 0.15) is 6.54 Å². The van der Waals surface area contributed by atoms with Gasteiger partial charge in [0.15, 0.2) is 0 Å². The molecule has 1 aliphatic rings. The number of thioether (sulfide) groups is 1. The minimum atomic E-state index is -4.58. The minimum Gasteiger partial charge on any atom is -0.334 e. The van der Waals surface area contributed by atoms with Crippen LogP contribution in [-0.2, 0) is 15.8 Å². The summed E-state index contributed by atoms with van der Waals surface area (Å²) in [6, 6.07) is 4.68. The molecule has 0 spiro atoms. The van der Waals surface area contributed by atoms with Crippen LogP contribution in [0, 0.1) is 13.8 Å². The molecule has 2 amide bonds. The van der Waals surface area contributed by atoms with Gasteiger partial charge < -0.3 is 11.2 Å². The number of alkyl halides is 3. The quantitative estimate of drug-likeness (QED) is 0.434. The van der Waals surface area contributed by atoms with Gasteiger partial charge in [-0.3, -0.25) is 14.5 Å². The van der Waals surface area contributed by atoms with Gasteiger partial charge in [-0.25, -0.2) is 9.36 Å². The zero-order chi connectivity index (χ0) is 24.1. The second kappa shape index (κ2) is 8.10. The maximum Gasteiger partial charge on any atom is 0.416 e. The van der Waals surface area contributed by atoms with E-state index >= 15 is 0 Å². The van der Waals surface area contributed by atoms with Gasteiger partial charge >= 0.3 is 6.18 Å². The Morgan fingerprint density at radius 3 is 2.61 bits per heavy atom. The monoisotopic (exact) mass is 480 g/mol. The standard InChI is InChI=1S/C19H19F3N8O2S/c1-9-6-10(2)30(27-9)17-25-26-18(29(17)23)33-11(3)16(32)28-8-15(31)24-13-7-12(19(20,21)22)4-5-14(13)28/h4-7,11H,8,23H2,1-3H3,(H,24,31). The minimum absolute atomic E-state index is 0.0829. The fourth-order valence-electron chi connectivity index (χ4n) is 3.42. The van der Waals surface area contributed by atoms with Crippen LogP contribution < -0.4 is 16.1 Å². The summed E-state index contributed by atoms with van der Waals surface area (Å²) in [5, 5.41) is 14.2. The van der Waals surface area contributed by atoms with Crippen molar-refractivity contribution >= 4 is 35.0 Å². The van der Waals surface area contributed by atoms with E-state index in [0.29, 0.717) is 0 Å². The number of halogens is 3. The summed E-state index contributed by atoms with van der Waals surface area (Å²) in [5.41, 5.74) is 0.731. The smallest absolute Gasteiger partial charge is 0.334 e. The van der Waals surface area contributed by atoms with Crippen LogP contribution in [0.1, 0.15) is 23.9 Å². The van der Waals surface area contributed by atoms with Crippen LogP contribution in [0.5, 0.6) is 0 Å². The van der Waals surface area contributed by atoms with Gasteiger partial charge in [0, 0.05) is 5.69 Å². The molecule has 0 radical (unpaired) electrons. The molecule has 0 saturated heterocycles. The molecule has 33 heavy (non-hydrogen) atoms. The number of anilines is 2. The fraction of sp³-hybridized carbons (Fsp3) is 0.316. The second-order valence-electron chi connectivity index (χ2n) is 7.45. The number of hydrogen-bond acceptors (Lipinski definition) is 7. The first-order valence-corrected chi connectivity index (χ1v) is 10.6. The van der Waals surface area contributed by atoms with Gasteiger partial charge in [-0.2, -0.15) is 18.3 Å². The summed E-state index contributed by atoms with van der Waals surface area (Å²) in [6.07, 6.45) is -4.58. The van der Waals surface area contributed by atoms with E-state index in [4.69, 9.17) is 5.84 Å². The molecule has 10 nitrogen and oxygen atoms in total. The molecule has 4 rings (SSSR count). The zero-order valence-electron chi connectivity index (χ0n) is 17.7. The van der Waals surface area contributed by atoms with Gasteiger partial charge in [0.25, 0.3) is 5.95 Å². The van der Waals surface area contributed by atoms with Gasteiger partial charge in [-0.15, -0.1) is 10.2 Å². The first-order valence-electron chi connectivity index (χ1n) is 9.69. The van der Waals surface area contributed by atoms with Crippen LogP contribution in [0.25, 0.3) is 5.95 Å². The van der Waals surface area contributed by atoms with Crippen molar-refractivity contribution in [3.63, 3.8) is 0 Å². The predicted molar refractivity (Wildman–Crippen MR) is 115 cm³/mol. The van der Waals surface area contributed by atoms with Crippen LogP contribution in [0.4, 0.5) is 24.5 Å². The summed E-state index contributed by atoms with van der Waals surface area (Å²) in [4.78, 5) is 26.4. The Morgan fingerprint density at radius 1 is 1.24 bits per heavy atom. The zero-order valence-corrected chi connectivity index (χ0v) is 18.5. The lowest BCUT2D eigenvalue weighted by Gasteiger charge is -2.31. The molecular weight excluding hydrogens is 461 g/mol. The van der Waals surface area contributed by atoms with Crippen LogP contribution in [0.3, 0.4) is 0 Å². The van der Waals surface area contributed by atoms with Crippen molar-refractivity contribution < 1.29 is 22.8 Å². The average molecular weight is 480 g/mol. The Bertz CT molecular complexity index is 1250. The van der Waals surface area contributed by atoms with E-state index < -0.39 is 28.8 Å². The number of benzene rings is 1. The summed E-state index contributed by atoms with van der Waals surface area (Å²) < 4.78 is 41.8. The number of carbonyl (C=O) groups excluding carboxylic acids is 2. The number of nitrogens with one attached hydrogen (secondary N) is 1. The van der Waals surface area contributed by atoms with E-state index in [9.17, 15) is 22.8 Å². The predicted octanol–water partition coefficient (Wildman–Crippen LogP) is 2.28. The van der Waals surface area contributed by atoms with Crippen molar-refractivity contribution in [1.82, 2.24) is 24.7 Å². The number of hydrogen-bond donors (Lipinski definition) is 2. The molecule has 1 unspecified atom stereocenters. The van der Waals surface area contributed by atoms with Crippen molar-refractivity contribution in [2.24, 2.45) is 0 Å². The Balaban J connectivity index is 1.57. The van der Waals surface area contributed by atoms with E-state index in [0.717, 1.165) is 40.2 Å². The number of nitrogens with two attached hydrogens (primary N) is 1. The molecule has 0 saturated carbocycles. The van der Waals surface area contributed by atoms with Crippen molar-refractivity contribution in [2.75, 3.05) is 22.6 Å². The lowest BCUT2D eigenvalue weighted by molar-refractivity contribution is -0.137. The van der Waals surface area contributed by atoms with Crippen LogP contribution in [0.15, 0.2) is 29.4 Å². The van der Waals surface area contributed by atoms with Crippen molar-refractivity contribution in [3.8, 4) is 5.95 Å². The highest BCUT2D eigenvalue weighted by atomic mass is 32.2. The lowest BCUT2D eigenvalue weighted by atomic mass is 10.1. The van der Waals surface area contributed by atoms with E-state index in [2.05, 4.69) is 20.6 Å². The number of nitrogens with zero attached hydrogens (tertiary/aromatic N) is 6. The van der Waals surface area contributed by atoms with Crippen molar-refractivity contribution in [2.45, 2.75) is 37.4 Å². The van der Waals surface area contributed by atoms with Crippen LogP contribution in [-0.4, -0.2) is 48.3 Å². The number of nitrogen functional groups attached to an aromatic ring is 1. The normalized spacial score (nSPS) is 14.7. The molecule has 1 atom stereocenters. The Kier molecular flexibility index (Phi) is 5.56. The molecule has 1 aliphatic heterocycles. The molecule has 0 aliphatic carbocycles. The number of carbonyl (C=O) groups is 2. The highest BCUT2D eigenvalue weighted by Crippen LogP contribution is 2.38. The molecule has 0 fully saturated rings. The molecule has 3 heterocycles. The van der Waals surface area contributed by atoms with Crippen molar-refractivity contribution in [1.29, 1.82) is 0 Å². The lowest BCUT2D eigenvalue weighted by Crippen LogP contribution is -2.45. The largest absolute Gasteiger partial charge is 0.416 e. The summed E-state index contributed by atoms with van der Waals surface area (Å²) in [5.74, 6) is 5.28. The molecule has 0 bridgehead atoms. The topological polar surface area (TPSA) is 124 Å². The van der Waals surface area contributed by atoms with E-state index in [-0.39, 0.29) is 29.0 Å². The first kappa shape index (κ1) is 22.6. The summed E-state index contributed by atoms with van der Waals surface area (Å²) in [7, 11) is 0. The van der Waals surface area contributed by atoms with Gasteiger partial charge in [-0.1, -0.05) is 11.8 Å². The molecular formula is C19H19F3N8O2S. The number of aryl methyl sites for hydroxylation is 2. The summed E-state index contributed by atoms with van der Waals surface area (Å²) in [6.45, 7) is 4.91. The second-order valence-corrected chi connectivity index (χ2v) is 8.76. The average Bonchev–Trinajstić information content (AvgIpc) is 3.26. The highest BCUT2D eigenvalue weighted by molar-refractivity contribution is 8.00. The Hall–Kier alpha value is -3.55. The molecule has 1 aromatic carbocycles. The molecule has 2 aromatic heterocycles. The molecule has 3 N–H and O–H groups in total. The number of fused-ring (bicyclic) bond motifs is 1. The number of aromatic nitrogens is 5. The Labute approximate surface area is 189 Å². The summed E-state index contributed by atoms with van der Waals surface area (Å²) >= 11 is 1.00. The SMILES string of the molecule is Cc1cc(C)n(-c2nnc(SC(C)C(=O)N3CC(=O)Nc4cc(C(F)(F)F)ccc43)n2N)n1. The van der Waals surface area contributed by atoms with E-state index in [1.807, 2.05) is 19.9 Å². The highest BCUT2D eigenvalue weighted by Gasteiger charge is 2.35. The fourth-order valence-corrected chi connectivity index (χ4v) is 4.24.